The van der Waals surface area contributed by atoms with Gasteiger partial charge in [-0.2, -0.15) is 5.26 Å². The monoisotopic (exact) mass is 262 g/mol. The van der Waals surface area contributed by atoms with E-state index in [4.69, 9.17) is 0 Å². The number of aromatic hydroxyl groups is 2. The summed E-state index contributed by atoms with van der Waals surface area (Å²) < 4.78 is 0. The second kappa shape index (κ2) is 4.56. The van der Waals surface area contributed by atoms with Crippen LogP contribution in [0.1, 0.15) is 5.56 Å². The third-order valence-corrected chi connectivity index (χ3v) is 3.08. The van der Waals surface area contributed by atoms with E-state index in [9.17, 15) is 15.5 Å². The zero-order valence-corrected chi connectivity index (χ0v) is 10.4. The molecule has 0 unspecified atom stereocenters. The van der Waals surface area contributed by atoms with Gasteiger partial charge in [0.05, 0.1) is 22.8 Å². The summed E-state index contributed by atoms with van der Waals surface area (Å²) in [7, 11) is 0. The van der Waals surface area contributed by atoms with Crippen LogP contribution in [0.15, 0.2) is 48.5 Å². The molecule has 3 rings (SSSR count). The van der Waals surface area contributed by atoms with Crippen molar-refractivity contribution in [2.45, 2.75) is 0 Å². The number of fused-ring (bicyclic) bond motifs is 1. The van der Waals surface area contributed by atoms with E-state index in [1.54, 1.807) is 36.4 Å². The molecule has 1 heterocycles. The van der Waals surface area contributed by atoms with Crippen LogP contribution in [0.3, 0.4) is 0 Å². The lowest BCUT2D eigenvalue weighted by Gasteiger charge is -2.06. The zero-order chi connectivity index (χ0) is 14.1. The Kier molecular flexibility index (Phi) is 2.73. The van der Waals surface area contributed by atoms with Gasteiger partial charge in [0.25, 0.3) is 0 Å². The molecule has 2 aromatic carbocycles. The van der Waals surface area contributed by atoms with Crippen LogP contribution < -0.4 is 0 Å². The van der Waals surface area contributed by atoms with Gasteiger partial charge in [-0.05, 0) is 48.5 Å². The lowest BCUT2D eigenvalue weighted by Crippen LogP contribution is -1.89. The average molecular weight is 262 g/mol. The molecule has 0 bridgehead atoms. The maximum absolute atomic E-state index is 9.50. The van der Waals surface area contributed by atoms with E-state index >= 15 is 0 Å². The molecule has 4 heteroatoms. The topological polar surface area (TPSA) is 77.1 Å². The van der Waals surface area contributed by atoms with Crippen molar-refractivity contribution in [1.29, 1.82) is 5.26 Å². The van der Waals surface area contributed by atoms with E-state index < -0.39 is 0 Å². The van der Waals surface area contributed by atoms with Crippen LogP contribution >= 0.6 is 0 Å². The summed E-state index contributed by atoms with van der Waals surface area (Å²) in [5.74, 6) is 0.285. The Bertz CT molecular complexity index is 833. The second-order valence-electron chi connectivity index (χ2n) is 4.42. The van der Waals surface area contributed by atoms with E-state index in [2.05, 4.69) is 11.1 Å². The Labute approximate surface area is 115 Å². The summed E-state index contributed by atoms with van der Waals surface area (Å²) in [6.07, 6.45) is 0. The lowest BCUT2D eigenvalue weighted by atomic mass is 10.0. The minimum Gasteiger partial charge on any atom is -0.508 e. The Morgan fingerprint density at radius 3 is 2.30 bits per heavy atom. The van der Waals surface area contributed by atoms with Crippen LogP contribution in [0.4, 0.5) is 0 Å². The fourth-order valence-corrected chi connectivity index (χ4v) is 2.09. The van der Waals surface area contributed by atoms with Gasteiger partial charge in [0.2, 0.25) is 0 Å². The summed E-state index contributed by atoms with van der Waals surface area (Å²) in [5, 5.41) is 28.7. The molecule has 0 aliphatic carbocycles. The first-order valence-corrected chi connectivity index (χ1v) is 6.00. The highest BCUT2D eigenvalue weighted by molar-refractivity contribution is 5.88. The first-order valence-electron chi connectivity index (χ1n) is 6.00. The molecule has 3 aromatic rings. The summed E-state index contributed by atoms with van der Waals surface area (Å²) in [5.41, 5.74) is 2.56. The van der Waals surface area contributed by atoms with Gasteiger partial charge in [0.1, 0.15) is 11.5 Å². The van der Waals surface area contributed by atoms with Crippen LogP contribution in [0.2, 0.25) is 0 Å². The van der Waals surface area contributed by atoms with E-state index in [-0.39, 0.29) is 11.5 Å². The molecule has 2 N–H and O–H groups in total. The second-order valence-corrected chi connectivity index (χ2v) is 4.42. The normalized spacial score (nSPS) is 10.3. The van der Waals surface area contributed by atoms with E-state index in [1.165, 1.54) is 12.1 Å². The minimum atomic E-state index is 0.105. The summed E-state index contributed by atoms with van der Waals surface area (Å²) >= 11 is 0. The highest BCUT2D eigenvalue weighted by atomic mass is 16.3. The first-order chi connectivity index (χ1) is 9.67. The number of phenolic OH excluding ortho intramolecular Hbond substituents is 2. The van der Waals surface area contributed by atoms with E-state index in [1.807, 2.05) is 0 Å². The van der Waals surface area contributed by atoms with Gasteiger partial charge < -0.3 is 10.2 Å². The maximum Gasteiger partial charge on any atom is 0.116 e. The molecule has 0 radical (unpaired) electrons. The van der Waals surface area contributed by atoms with Crippen LogP contribution in [0.25, 0.3) is 22.2 Å². The van der Waals surface area contributed by atoms with Crippen LogP contribution in [0, 0.1) is 11.3 Å². The smallest absolute Gasteiger partial charge is 0.116 e. The zero-order valence-electron chi connectivity index (χ0n) is 10.4. The molecule has 0 amide bonds. The van der Waals surface area contributed by atoms with Crippen molar-refractivity contribution in [3.05, 3.63) is 54.1 Å². The third-order valence-electron chi connectivity index (χ3n) is 3.08. The van der Waals surface area contributed by atoms with Crippen LogP contribution in [0.5, 0.6) is 11.5 Å². The van der Waals surface area contributed by atoms with Crippen molar-refractivity contribution >= 4 is 10.9 Å². The number of hydrogen-bond acceptors (Lipinski definition) is 4. The van der Waals surface area contributed by atoms with Crippen LogP contribution in [-0.4, -0.2) is 15.2 Å². The number of nitriles is 1. The number of aromatic nitrogens is 1. The lowest BCUT2D eigenvalue weighted by molar-refractivity contribution is 0.475. The van der Waals surface area contributed by atoms with Gasteiger partial charge in [0, 0.05) is 10.9 Å². The van der Waals surface area contributed by atoms with Gasteiger partial charge in [-0.1, -0.05) is 0 Å². The molecule has 0 fully saturated rings. The van der Waals surface area contributed by atoms with Gasteiger partial charge in [0.15, 0.2) is 0 Å². The van der Waals surface area contributed by atoms with Crippen molar-refractivity contribution in [2.24, 2.45) is 0 Å². The number of nitrogens with zero attached hydrogens (tertiary/aromatic N) is 2. The third kappa shape index (κ3) is 2.02. The van der Waals surface area contributed by atoms with Crippen molar-refractivity contribution in [3.63, 3.8) is 0 Å². The van der Waals surface area contributed by atoms with Gasteiger partial charge in [-0.15, -0.1) is 0 Å². The highest BCUT2D eigenvalue weighted by Gasteiger charge is 2.08. The molecule has 1 aromatic heterocycles. The van der Waals surface area contributed by atoms with Gasteiger partial charge in [-0.25, -0.2) is 4.98 Å². The Morgan fingerprint density at radius 1 is 0.900 bits per heavy atom. The largest absolute Gasteiger partial charge is 0.508 e. The summed E-state index contributed by atoms with van der Waals surface area (Å²) in [6, 6.07) is 15.2. The van der Waals surface area contributed by atoms with Gasteiger partial charge >= 0.3 is 0 Å². The number of benzene rings is 2. The molecule has 0 saturated carbocycles. The summed E-state index contributed by atoms with van der Waals surface area (Å²) in [6.45, 7) is 0. The molecule has 0 saturated heterocycles. The molecule has 20 heavy (non-hydrogen) atoms. The number of rotatable bonds is 1. The Morgan fingerprint density at radius 2 is 1.60 bits per heavy atom. The molecule has 96 valence electrons. The SMILES string of the molecule is N#Cc1cc(-c2ccc(O)cc2)nc2ccc(O)cc12. The Hall–Kier alpha value is -3.06. The van der Waals surface area contributed by atoms with Crippen molar-refractivity contribution in [3.8, 4) is 28.8 Å². The Balaban J connectivity index is 2.26. The van der Waals surface area contributed by atoms with Gasteiger partial charge in [-0.3, -0.25) is 0 Å². The molecule has 0 atom stereocenters. The predicted molar refractivity (Wildman–Crippen MR) is 75.2 cm³/mol. The molecule has 0 aliphatic rings. The average Bonchev–Trinajstić information content (AvgIpc) is 2.47. The van der Waals surface area contributed by atoms with Crippen LogP contribution in [-0.2, 0) is 0 Å². The number of pyridine rings is 1. The predicted octanol–water partition coefficient (Wildman–Crippen LogP) is 3.18. The quantitative estimate of drug-likeness (QED) is 0.706. The molecule has 0 spiro atoms. The number of hydrogen-bond donors (Lipinski definition) is 2. The fourth-order valence-electron chi connectivity index (χ4n) is 2.09. The molecule has 4 nitrogen and oxygen atoms in total. The maximum atomic E-state index is 9.50. The van der Waals surface area contributed by atoms with Crippen molar-refractivity contribution in [1.82, 2.24) is 4.98 Å². The summed E-state index contributed by atoms with van der Waals surface area (Å²) in [4.78, 5) is 4.48. The molecular weight excluding hydrogens is 252 g/mol. The number of phenols is 2. The van der Waals surface area contributed by atoms with E-state index in [0.717, 1.165) is 5.56 Å². The van der Waals surface area contributed by atoms with E-state index in [0.29, 0.717) is 22.2 Å². The fraction of sp³-hybridized carbons (Fsp3) is 0. The standard InChI is InChI=1S/C16H10N2O2/c17-9-11-7-16(10-1-3-12(19)4-2-10)18-15-6-5-13(20)8-14(11)15/h1-8,19-20H. The molecule has 0 aliphatic heterocycles. The van der Waals surface area contributed by atoms with Crippen molar-refractivity contribution < 1.29 is 10.2 Å². The molecular formula is C16H10N2O2. The minimum absolute atomic E-state index is 0.105. The first kappa shape index (κ1) is 12.0. The van der Waals surface area contributed by atoms with Crippen molar-refractivity contribution in [2.75, 3.05) is 0 Å². The highest BCUT2D eigenvalue weighted by Crippen LogP contribution is 2.27.